The fourth-order valence-electron chi connectivity index (χ4n) is 2.30. The predicted molar refractivity (Wildman–Crippen MR) is 77.2 cm³/mol. The summed E-state index contributed by atoms with van der Waals surface area (Å²) in [7, 11) is 0. The van der Waals surface area contributed by atoms with Crippen LogP contribution in [-0.4, -0.2) is 5.33 Å². The average molecular weight is 324 g/mol. The molecule has 0 N–H and O–H groups in total. The van der Waals surface area contributed by atoms with Gasteiger partial charge in [-0.05, 0) is 11.6 Å². The Kier molecular flexibility index (Phi) is 3.18. The molecule has 92 valence electrons. The molecule has 0 radical (unpaired) electrons. The van der Waals surface area contributed by atoms with E-state index in [0.29, 0.717) is 0 Å². The zero-order chi connectivity index (χ0) is 12.6. The van der Waals surface area contributed by atoms with Crippen molar-refractivity contribution in [1.82, 2.24) is 0 Å². The first kappa shape index (κ1) is 12.2. The van der Waals surface area contributed by atoms with Crippen molar-refractivity contribution in [3.63, 3.8) is 0 Å². The van der Waals surface area contributed by atoms with Crippen molar-refractivity contribution in [2.24, 2.45) is 0 Å². The van der Waals surface area contributed by atoms with E-state index in [1.807, 2.05) is 42.5 Å². The molecule has 0 saturated carbocycles. The number of ether oxygens (including phenoxy) is 1. The van der Waals surface area contributed by atoms with Crippen LogP contribution in [0.15, 0.2) is 54.6 Å². The van der Waals surface area contributed by atoms with E-state index in [1.54, 1.807) is 0 Å². The quantitative estimate of drug-likeness (QED) is 0.589. The van der Waals surface area contributed by atoms with Gasteiger partial charge in [0.25, 0.3) is 0 Å². The maximum atomic E-state index is 6.24. The van der Waals surface area contributed by atoms with Gasteiger partial charge in [-0.25, -0.2) is 0 Å². The van der Waals surface area contributed by atoms with Crippen LogP contribution in [0, 0.1) is 0 Å². The number of hydrogen-bond acceptors (Lipinski definition) is 1. The van der Waals surface area contributed by atoms with Crippen molar-refractivity contribution in [3.05, 3.63) is 70.7 Å². The predicted octanol–water partition coefficient (Wildman–Crippen LogP) is 4.70. The van der Waals surface area contributed by atoms with Crippen LogP contribution in [-0.2, 0) is 10.3 Å². The number of benzene rings is 2. The smallest absolute Gasteiger partial charge is 0.134 e. The van der Waals surface area contributed by atoms with Gasteiger partial charge in [-0.3, -0.25) is 0 Å². The molecule has 18 heavy (non-hydrogen) atoms. The van der Waals surface area contributed by atoms with Gasteiger partial charge in [0.1, 0.15) is 11.7 Å². The Hall–Kier alpha value is -0.830. The van der Waals surface area contributed by atoms with Crippen LogP contribution in [0.3, 0.4) is 0 Å². The molecule has 3 heteroatoms. The van der Waals surface area contributed by atoms with Crippen LogP contribution < -0.4 is 0 Å². The Bertz CT molecular complexity index is 557. The van der Waals surface area contributed by atoms with E-state index in [1.165, 1.54) is 5.56 Å². The number of halogens is 2. The lowest BCUT2D eigenvalue weighted by Gasteiger charge is -2.10. The van der Waals surface area contributed by atoms with Crippen molar-refractivity contribution >= 4 is 27.5 Å². The lowest BCUT2D eigenvalue weighted by atomic mass is 9.93. The van der Waals surface area contributed by atoms with E-state index in [0.717, 1.165) is 15.9 Å². The topological polar surface area (TPSA) is 12.5 Å². The second kappa shape index (κ2) is 4.69. The Morgan fingerprint density at radius 1 is 1.06 bits per heavy atom. The molecular formula is C15H12BrClO. The first-order valence-corrected chi connectivity index (χ1v) is 7.31. The van der Waals surface area contributed by atoms with Gasteiger partial charge in [0, 0.05) is 15.9 Å². The van der Waals surface area contributed by atoms with Crippen molar-refractivity contribution in [3.8, 4) is 0 Å². The molecule has 1 aliphatic heterocycles. The molecule has 2 unspecified atom stereocenters. The van der Waals surface area contributed by atoms with Crippen molar-refractivity contribution < 1.29 is 4.74 Å². The standard InChI is InChI=1S/C15H12BrClO/c16-10-15(11-6-2-1-3-7-11)14(18-15)12-8-4-5-9-13(12)17/h1-9,14H,10H2. The van der Waals surface area contributed by atoms with Gasteiger partial charge in [0.05, 0.1) is 0 Å². The Balaban J connectivity index is 1.97. The fourth-order valence-corrected chi connectivity index (χ4v) is 3.28. The molecule has 2 aromatic carbocycles. The SMILES string of the molecule is Clc1ccccc1C1OC1(CBr)c1ccccc1. The molecule has 0 aliphatic carbocycles. The Labute approximate surface area is 120 Å². The molecule has 1 nitrogen and oxygen atoms in total. The average Bonchev–Trinajstić information content (AvgIpc) is 3.16. The number of epoxide rings is 1. The zero-order valence-corrected chi connectivity index (χ0v) is 12.0. The van der Waals surface area contributed by atoms with Crippen LogP contribution in [0.2, 0.25) is 5.02 Å². The maximum Gasteiger partial charge on any atom is 0.134 e. The fraction of sp³-hybridized carbons (Fsp3) is 0.200. The van der Waals surface area contributed by atoms with Gasteiger partial charge in [-0.15, -0.1) is 0 Å². The molecule has 2 atom stereocenters. The van der Waals surface area contributed by atoms with Crippen LogP contribution in [0.4, 0.5) is 0 Å². The summed E-state index contributed by atoms with van der Waals surface area (Å²) in [5, 5.41) is 1.53. The summed E-state index contributed by atoms with van der Waals surface area (Å²) in [5.74, 6) is 0. The van der Waals surface area contributed by atoms with Crippen LogP contribution in [0.5, 0.6) is 0 Å². The number of hydrogen-bond donors (Lipinski definition) is 0. The lowest BCUT2D eigenvalue weighted by molar-refractivity contribution is 0.318. The molecule has 2 aromatic rings. The van der Waals surface area contributed by atoms with Crippen molar-refractivity contribution in [2.45, 2.75) is 11.7 Å². The summed E-state index contributed by atoms with van der Waals surface area (Å²) in [6.45, 7) is 0. The van der Waals surface area contributed by atoms with E-state index in [-0.39, 0.29) is 11.7 Å². The molecule has 3 rings (SSSR count). The molecular weight excluding hydrogens is 312 g/mol. The van der Waals surface area contributed by atoms with Gasteiger partial charge < -0.3 is 4.74 Å². The van der Waals surface area contributed by atoms with Crippen LogP contribution in [0.1, 0.15) is 17.2 Å². The lowest BCUT2D eigenvalue weighted by Crippen LogP contribution is -2.11. The first-order chi connectivity index (χ1) is 8.78. The van der Waals surface area contributed by atoms with Crippen molar-refractivity contribution in [1.29, 1.82) is 0 Å². The van der Waals surface area contributed by atoms with Gasteiger partial charge >= 0.3 is 0 Å². The van der Waals surface area contributed by atoms with E-state index in [9.17, 15) is 0 Å². The minimum atomic E-state index is -0.272. The summed E-state index contributed by atoms with van der Waals surface area (Å²) in [4.78, 5) is 0. The van der Waals surface area contributed by atoms with E-state index in [4.69, 9.17) is 16.3 Å². The minimum absolute atomic E-state index is 0.0352. The second-order valence-electron chi connectivity index (χ2n) is 4.41. The Morgan fingerprint density at radius 3 is 2.39 bits per heavy atom. The highest BCUT2D eigenvalue weighted by Crippen LogP contribution is 2.58. The molecule has 0 bridgehead atoms. The summed E-state index contributed by atoms with van der Waals surface area (Å²) in [6, 6.07) is 18.1. The summed E-state index contributed by atoms with van der Waals surface area (Å²) >= 11 is 9.80. The minimum Gasteiger partial charge on any atom is -0.355 e. The second-order valence-corrected chi connectivity index (χ2v) is 5.38. The van der Waals surface area contributed by atoms with Crippen molar-refractivity contribution in [2.75, 3.05) is 5.33 Å². The van der Waals surface area contributed by atoms with Gasteiger partial charge in [0.15, 0.2) is 0 Å². The van der Waals surface area contributed by atoms with Crippen LogP contribution in [0.25, 0.3) is 0 Å². The van der Waals surface area contributed by atoms with Gasteiger partial charge in [0.2, 0.25) is 0 Å². The highest BCUT2D eigenvalue weighted by molar-refractivity contribution is 9.09. The molecule has 1 fully saturated rings. The highest BCUT2D eigenvalue weighted by atomic mass is 79.9. The molecule has 1 saturated heterocycles. The Morgan fingerprint density at radius 2 is 1.72 bits per heavy atom. The maximum absolute atomic E-state index is 6.24. The zero-order valence-electron chi connectivity index (χ0n) is 9.64. The summed E-state index contributed by atoms with van der Waals surface area (Å²) in [5.41, 5.74) is 1.97. The van der Waals surface area contributed by atoms with E-state index < -0.39 is 0 Å². The summed E-state index contributed by atoms with van der Waals surface area (Å²) in [6.07, 6.45) is 0.0352. The molecule has 0 spiro atoms. The molecule has 0 amide bonds. The highest BCUT2D eigenvalue weighted by Gasteiger charge is 2.58. The number of rotatable bonds is 3. The normalized spacial score (nSPS) is 26.0. The third-order valence-electron chi connectivity index (χ3n) is 3.34. The summed E-state index contributed by atoms with van der Waals surface area (Å²) < 4.78 is 5.98. The van der Waals surface area contributed by atoms with Gasteiger partial charge in [-0.2, -0.15) is 0 Å². The third-order valence-corrected chi connectivity index (χ3v) is 4.52. The molecule has 1 heterocycles. The monoisotopic (exact) mass is 322 g/mol. The van der Waals surface area contributed by atoms with E-state index in [2.05, 4.69) is 28.1 Å². The van der Waals surface area contributed by atoms with E-state index >= 15 is 0 Å². The third kappa shape index (κ3) is 1.89. The largest absolute Gasteiger partial charge is 0.355 e. The first-order valence-electron chi connectivity index (χ1n) is 5.82. The van der Waals surface area contributed by atoms with Crippen LogP contribution >= 0.6 is 27.5 Å². The number of alkyl halides is 1. The molecule has 0 aromatic heterocycles. The van der Waals surface area contributed by atoms with Gasteiger partial charge in [-0.1, -0.05) is 76.1 Å². The molecule has 1 aliphatic rings.